The first kappa shape index (κ1) is 13.8. The number of carboxylic acid groups (broad SMARTS) is 2. The highest BCUT2D eigenvalue weighted by atomic mass is 16.4. The van der Waals surface area contributed by atoms with Gasteiger partial charge in [0.1, 0.15) is 13.1 Å². The molecule has 2 saturated carbocycles. The summed E-state index contributed by atoms with van der Waals surface area (Å²) in [5.41, 5.74) is 6.02. The van der Waals surface area contributed by atoms with Gasteiger partial charge in [0.05, 0.1) is 5.92 Å². The van der Waals surface area contributed by atoms with Gasteiger partial charge in [-0.3, -0.25) is 14.4 Å². The van der Waals surface area contributed by atoms with Crippen LogP contribution in [0.4, 0.5) is 0 Å². The Labute approximate surface area is 110 Å². The Morgan fingerprint density at radius 1 is 1.05 bits per heavy atom. The van der Waals surface area contributed by atoms with Crippen molar-refractivity contribution in [3.63, 3.8) is 0 Å². The maximum Gasteiger partial charge on any atom is 0.323 e. The molecule has 4 unspecified atom stereocenters. The predicted octanol–water partition coefficient (Wildman–Crippen LogP) is -0.642. The number of rotatable bonds is 5. The molecule has 4 atom stereocenters. The molecule has 0 spiro atoms. The van der Waals surface area contributed by atoms with Gasteiger partial charge in [-0.25, -0.2) is 0 Å². The molecule has 7 nitrogen and oxygen atoms in total. The molecule has 0 aliphatic heterocycles. The summed E-state index contributed by atoms with van der Waals surface area (Å²) in [5.74, 6) is -2.78. The minimum absolute atomic E-state index is 0.178. The molecule has 2 rings (SSSR count). The average Bonchev–Trinajstić information content (AvgIpc) is 2.86. The van der Waals surface area contributed by atoms with Gasteiger partial charge in [-0.2, -0.15) is 0 Å². The largest absolute Gasteiger partial charge is 0.480 e. The zero-order valence-electron chi connectivity index (χ0n) is 10.5. The van der Waals surface area contributed by atoms with Crippen molar-refractivity contribution in [2.45, 2.75) is 25.3 Å². The van der Waals surface area contributed by atoms with Gasteiger partial charge < -0.3 is 20.8 Å². The number of amides is 1. The van der Waals surface area contributed by atoms with Crippen LogP contribution in [0.1, 0.15) is 19.3 Å². The van der Waals surface area contributed by atoms with Crippen LogP contribution in [0.2, 0.25) is 0 Å². The number of carbonyl (C=O) groups is 3. The lowest BCUT2D eigenvalue weighted by Crippen LogP contribution is -2.49. The second-order valence-corrected chi connectivity index (χ2v) is 5.42. The lowest BCUT2D eigenvalue weighted by molar-refractivity contribution is -0.152. The number of aliphatic carboxylic acids is 2. The van der Waals surface area contributed by atoms with E-state index in [1.165, 1.54) is 0 Å². The van der Waals surface area contributed by atoms with Gasteiger partial charge in [0.2, 0.25) is 5.91 Å². The molecule has 1 amide bonds. The maximum atomic E-state index is 12.3. The van der Waals surface area contributed by atoms with Crippen LogP contribution in [0.3, 0.4) is 0 Å². The number of nitrogens with two attached hydrogens (primary N) is 1. The molecule has 0 aromatic rings. The summed E-state index contributed by atoms with van der Waals surface area (Å²) in [7, 11) is 0. The Morgan fingerprint density at radius 3 is 2.00 bits per heavy atom. The van der Waals surface area contributed by atoms with Crippen molar-refractivity contribution in [3.8, 4) is 0 Å². The van der Waals surface area contributed by atoms with E-state index in [9.17, 15) is 14.4 Å². The summed E-state index contributed by atoms with van der Waals surface area (Å²) in [4.78, 5) is 34.7. The smallest absolute Gasteiger partial charge is 0.323 e. The third kappa shape index (κ3) is 2.70. The highest BCUT2D eigenvalue weighted by Crippen LogP contribution is 2.48. The Morgan fingerprint density at radius 2 is 1.58 bits per heavy atom. The van der Waals surface area contributed by atoms with Crippen LogP contribution in [-0.4, -0.2) is 52.1 Å². The minimum Gasteiger partial charge on any atom is -0.480 e. The molecular formula is C12H18N2O5. The molecule has 2 aliphatic carbocycles. The third-order valence-corrected chi connectivity index (χ3v) is 4.23. The number of carbonyl (C=O) groups excluding carboxylic acids is 1. The van der Waals surface area contributed by atoms with Crippen molar-refractivity contribution in [1.29, 1.82) is 0 Å². The van der Waals surface area contributed by atoms with Gasteiger partial charge in [0, 0.05) is 6.04 Å². The third-order valence-electron chi connectivity index (χ3n) is 4.23. The molecule has 0 heterocycles. The minimum atomic E-state index is -1.22. The molecule has 19 heavy (non-hydrogen) atoms. The quantitative estimate of drug-likeness (QED) is 0.611. The maximum absolute atomic E-state index is 12.3. The topological polar surface area (TPSA) is 121 Å². The van der Waals surface area contributed by atoms with E-state index in [4.69, 9.17) is 15.9 Å². The molecule has 7 heteroatoms. The van der Waals surface area contributed by atoms with E-state index in [0.29, 0.717) is 5.92 Å². The second kappa shape index (κ2) is 5.16. The fraction of sp³-hybridized carbons (Fsp3) is 0.750. The molecule has 2 fully saturated rings. The second-order valence-electron chi connectivity index (χ2n) is 5.42. The Kier molecular flexibility index (Phi) is 3.75. The normalized spacial score (nSPS) is 32.3. The van der Waals surface area contributed by atoms with Crippen molar-refractivity contribution in [1.82, 2.24) is 4.90 Å². The van der Waals surface area contributed by atoms with Crippen LogP contribution in [-0.2, 0) is 14.4 Å². The lowest BCUT2D eigenvalue weighted by Gasteiger charge is -2.31. The van der Waals surface area contributed by atoms with Crippen molar-refractivity contribution in [2.24, 2.45) is 23.5 Å². The van der Waals surface area contributed by atoms with Crippen molar-refractivity contribution in [2.75, 3.05) is 13.1 Å². The number of hydrogen-bond acceptors (Lipinski definition) is 4. The van der Waals surface area contributed by atoms with Gasteiger partial charge in [-0.1, -0.05) is 0 Å². The molecule has 2 aliphatic rings. The molecular weight excluding hydrogens is 252 g/mol. The number of hydrogen-bond donors (Lipinski definition) is 3. The standard InChI is InChI=1S/C12H18N2O5/c13-11-7-2-1-6(3-7)10(11)12(19)14(4-8(15)16)5-9(17)18/h6-7,10-11H,1-5,13H2,(H,15,16)(H,17,18). The summed E-state index contributed by atoms with van der Waals surface area (Å²) in [5, 5.41) is 17.5. The predicted molar refractivity (Wildman–Crippen MR) is 64.1 cm³/mol. The van der Waals surface area contributed by atoms with Crippen LogP contribution in [0.15, 0.2) is 0 Å². The molecule has 0 saturated heterocycles. The van der Waals surface area contributed by atoms with Gasteiger partial charge in [-0.15, -0.1) is 0 Å². The molecule has 0 aromatic carbocycles. The van der Waals surface area contributed by atoms with Gasteiger partial charge in [0.25, 0.3) is 0 Å². The SMILES string of the molecule is NC1C2CCC(C2)C1C(=O)N(CC(=O)O)CC(=O)O. The Bertz CT molecular complexity index is 393. The average molecular weight is 270 g/mol. The molecule has 0 aromatic heterocycles. The Hall–Kier alpha value is -1.63. The highest BCUT2D eigenvalue weighted by molar-refractivity contribution is 5.87. The van der Waals surface area contributed by atoms with Crippen LogP contribution in [0, 0.1) is 17.8 Å². The van der Waals surface area contributed by atoms with Crippen molar-refractivity contribution >= 4 is 17.8 Å². The summed E-state index contributed by atoms with van der Waals surface area (Å²) in [6.45, 7) is -1.18. The zero-order chi connectivity index (χ0) is 14.2. The van der Waals surface area contributed by atoms with Crippen LogP contribution < -0.4 is 5.73 Å². The summed E-state index contributed by atoms with van der Waals surface area (Å²) >= 11 is 0. The molecule has 4 N–H and O–H groups in total. The van der Waals surface area contributed by atoms with Crippen LogP contribution in [0.25, 0.3) is 0 Å². The molecule has 0 radical (unpaired) electrons. The van der Waals surface area contributed by atoms with E-state index in [-0.39, 0.29) is 12.0 Å². The van der Waals surface area contributed by atoms with Gasteiger partial charge in [0.15, 0.2) is 0 Å². The number of carboxylic acids is 2. The number of fused-ring (bicyclic) bond motifs is 2. The summed E-state index contributed by atoms with van der Waals surface area (Å²) in [6.07, 6.45) is 2.82. The van der Waals surface area contributed by atoms with E-state index < -0.39 is 36.9 Å². The summed E-state index contributed by atoms with van der Waals surface area (Å²) in [6, 6.07) is -0.267. The molecule has 2 bridgehead atoms. The fourth-order valence-corrected chi connectivity index (χ4v) is 3.45. The van der Waals surface area contributed by atoms with Gasteiger partial charge >= 0.3 is 11.9 Å². The molecule has 106 valence electrons. The lowest BCUT2D eigenvalue weighted by atomic mass is 9.84. The van der Waals surface area contributed by atoms with E-state index in [0.717, 1.165) is 24.2 Å². The van der Waals surface area contributed by atoms with Gasteiger partial charge in [-0.05, 0) is 31.1 Å². The highest BCUT2D eigenvalue weighted by Gasteiger charge is 2.50. The van der Waals surface area contributed by atoms with E-state index in [2.05, 4.69) is 0 Å². The van der Waals surface area contributed by atoms with E-state index >= 15 is 0 Å². The monoisotopic (exact) mass is 270 g/mol. The first-order valence-electron chi connectivity index (χ1n) is 6.38. The first-order chi connectivity index (χ1) is 8.90. The van der Waals surface area contributed by atoms with Crippen molar-refractivity contribution in [3.05, 3.63) is 0 Å². The van der Waals surface area contributed by atoms with Crippen molar-refractivity contribution < 1.29 is 24.6 Å². The fourth-order valence-electron chi connectivity index (χ4n) is 3.45. The first-order valence-corrected chi connectivity index (χ1v) is 6.38. The van der Waals surface area contributed by atoms with E-state index in [1.807, 2.05) is 0 Å². The van der Waals surface area contributed by atoms with E-state index in [1.54, 1.807) is 0 Å². The zero-order valence-corrected chi connectivity index (χ0v) is 10.5. The van der Waals surface area contributed by atoms with Crippen LogP contribution in [0.5, 0.6) is 0 Å². The number of nitrogens with zero attached hydrogens (tertiary/aromatic N) is 1. The van der Waals surface area contributed by atoms with Crippen LogP contribution >= 0.6 is 0 Å². The summed E-state index contributed by atoms with van der Waals surface area (Å²) < 4.78 is 0. The Balaban J connectivity index is 2.10.